The Morgan fingerprint density at radius 2 is 2.00 bits per heavy atom. The van der Waals surface area contributed by atoms with Crippen molar-refractivity contribution in [3.05, 3.63) is 0 Å². The lowest BCUT2D eigenvalue weighted by Crippen LogP contribution is -2.41. The SMILES string of the molecule is CCOC(=O)CN(CC)S(=O)(=O)C(C#N)CC. The standard InChI is InChI=1S/C10H18N2O4S/c1-4-9(7-11)17(14,15)12(5-2)8-10(13)16-6-3/h9H,4-6,8H2,1-3H3. The molecule has 6 nitrogen and oxygen atoms in total. The Morgan fingerprint density at radius 1 is 1.41 bits per heavy atom. The van der Waals surface area contributed by atoms with Gasteiger partial charge in [0.25, 0.3) is 0 Å². The first-order valence-corrected chi connectivity index (χ1v) is 6.98. The number of carbonyl (C=O) groups is 1. The molecule has 0 amide bonds. The molecule has 0 fully saturated rings. The van der Waals surface area contributed by atoms with Crippen LogP contribution in [0.2, 0.25) is 0 Å². The van der Waals surface area contributed by atoms with Crippen molar-refractivity contribution < 1.29 is 17.9 Å². The molecule has 17 heavy (non-hydrogen) atoms. The molecule has 0 radical (unpaired) electrons. The van der Waals surface area contributed by atoms with Crippen molar-refractivity contribution in [3.8, 4) is 6.07 Å². The van der Waals surface area contributed by atoms with Crippen molar-refractivity contribution in [2.75, 3.05) is 19.7 Å². The van der Waals surface area contributed by atoms with Crippen molar-refractivity contribution in [2.24, 2.45) is 0 Å². The van der Waals surface area contributed by atoms with Crippen LogP contribution in [0.3, 0.4) is 0 Å². The molecule has 0 spiro atoms. The largest absolute Gasteiger partial charge is 0.465 e. The van der Waals surface area contributed by atoms with E-state index in [1.54, 1.807) is 26.8 Å². The minimum absolute atomic E-state index is 0.138. The third-order valence-corrected chi connectivity index (χ3v) is 4.46. The van der Waals surface area contributed by atoms with Gasteiger partial charge in [0.2, 0.25) is 10.0 Å². The summed E-state index contributed by atoms with van der Waals surface area (Å²) in [6.45, 7) is 4.87. The number of hydrogen-bond donors (Lipinski definition) is 0. The smallest absolute Gasteiger partial charge is 0.321 e. The maximum absolute atomic E-state index is 12.0. The fraction of sp³-hybridized carbons (Fsp3) is 0.800. The Hall–Kier alpha value is -1.13. The molecule has 0 aliphatic heterocycles. The Bertz CT molecular complexity index is 386. The average molecular weight is 262 g/mol. The lowest BCUT2D eigenvalue weighted by Gasteiger charge is -2.21. The zero-order chi connectivity index (χ0) is 13.5. The molecule has 0 aromatic heterocycles. The van der Waals surface area contributed by atoms with E-state index in [2.05, 4.69) is 4.74 Å². The molecule has 1 atom stereocenters. The van der Waals surface area contributed by atoms with Crippen LogP contribution >= 0.6 is 0 Å². The Morgan fingerprint density at radius 3 is 2.35 bits per heavy atom. The van der Waals surface area contributed by atoms with Gasteiger partial charge in [0.15, 0.2) is 5.25 Å². The highest BCUT2D eigenvalue weighted by Gasteiger charge is 2.31. The summed E-state index contributed by atoms with van der Waals surface area (Å²) >= 11 is 0. The molecule has 0 saturated heterocycles. The normalized spacial score (nSPS) is 13.1. The maximum Gasteiger partial charge on any atom is 0.321 e. The molecule has 7 heteroatoms. The summed E-state index contributed by atoms with van der Waals surface area (Å²) in [5, 5.41) is 7.66. The van der Waals surface area contributed by atoms with Crippen LogP contribution in [0.4, 0.5) is 0 Å². The van der Waals surface area contributed by atoms with Gasteiger partial charge in [0.05, 0.1) is 12.7 Å². The van der Waals surface area contributed by atoms with Crippen LogP contribution < -0.4 is 0 Å². The summed E-state index contributed by atoms with van der Waals surface area (Å²) in [5.74, 6) is -0.606. The van der Waals surface area contributed by atoms with E-state index in [1.165, 1.54) is 0 Å². The predicted octanol–water partition coefficient (Wildman–Crippen LogP) is 0.503. The van der Waals surface area contributed by atoms with Crippen molar-refractivity contribution in [3.63, 3.8) is 0 Å². The number of nitrogens with zero attached hydrogens (tertiary/aromatic N) is 2. The summed E-state index contributed by atoms with van der Waals surface area (Å²) in [7, 11) is -3.76. The monoisotopic (exact) mass is 262 g/mol. The molecular weight excluding hydrogens is 244 g/mol. The van der Waals surface area contributed by atoms with Gasteiger partial charge in [-0.3, -0.25) is 4.79 Å². The lowest BCUT2D eigenvalue weighted by atomic mass is 10.4. The fourth-order valence-electron chi connectivity index (χ4n) is 1.28. The van der Waals surface area contributed by atoms with Crippen LogP contribution in [-0.2, 0) is 19.6 Å². The Labute approximate surface area is 102 Å². The van der Waals surface area contributed by atoms with Crippen molar-refractivity contribution in [1.29, 1.82) is 5.26 Å². The number of carbonyl (C=O) groups excluding carboxylic acids is 1. The average Bonchev–Trinajstić information content (AvgIpc) is 2.27. The van der Waals surface area contributed by atoms with Gasteiger partial charge in [-0.15, -0.1) is 0 Å². The van der Waals surface area contributed by atoms with Crippen LogP contribution in [0, 0.1) is 11.3 Å². The van der Waals surface area contributed by atoms with E-state index in [-0.39, 0.29) is 26.1 Å². The molecule has 0 aliphatic carbocycles. The molecule has 98 valence electrons. The van der Waals surface area contributed by atoms with Gasteiger partial charge in [0, 0.05) is 6.54 Å². The minimum Gasteiger partial charge on any atom is -0.465 e. The maximum atomic E-state index is 12.0. The zero-order valence-corrected chi connectivity index (χ0v) is 11.2. The number of ether oxygens (including phenoxy) is 1. The van der Waals surface area contributed by atoms with Crippen LogP contribution in [0.25, 0.3) is 0 Å². The Kier molecular flexibility index (Phi) is 6.76. The summed E-state index contributed by atoms with van der Waals surface area (Å²) < 4.78 is 29.6. The molecule has 0 aliphatic rings. The number of hydrogen-bond acceptors (Lipinski definition) is 5. The van der Waals surface area contributed by atoms with Crippen molar-refractivity contribution in [1.82, 2.24) is 4.31 Å². The van der Waals surface area contributed by atoms with Gasteiger partial charge in [-0.1, -0.05) is 13.8 Å². The first-order valence-electron chi connectivity index (χ1n) is 5.48. The highest BCUT2D eigenvalue weighted by molar-refractivity contribution is 7.90. The van der Waals surface area contributed by atoms with Gasteiger partial charge >= 0.3 is 5.97 Å². The number of sulfonamides is 1. The second kappa shape index (κ2) is 7.25. The van der Waals surface area contributed by atoms with Crippen LogP contribution in [-0.4, -0.2) is 43.6 Å². The first-order chi connectivity index (χ1) is 7.93. The molecule has 0 bridgehead atoms. The van der Waals surface area contributed by atoms with E-state index in [0.29, 0.717) is 0 Å². The van der Waals surface area contributed by atoms with E-state index < -0.39 is 21.2 Å². The van der Waals surface area contributed by atoms with E-state index >= 15 is 0 Å². The van der Waals surface area contributed by atoms with E-state index in [4.69, 9.17) is 5.26 Å². The zero-order valence-electron chi connectivity index (χ0n) is 10.3. The second-order valence-corrected chi connectivity index (χ2v) is 5.42. The van der Waals surface area contributed by atoms with E-state index in [9.17, 15) is 13.2 Å². The molecule has 0 N–H and O–H groups in total. The van der Waals surface area contributed by atoms with Gasteiger partial charge < -0.3 is 4.74 Å². The molecule has 0 aromatic rings. The van der Waals surface area contributed by atoms with Gasteiger partial charge in [-0.2, -0.15) is 9.57 Å². The summed E-state index contributed by atoms with van der Waals surface area (Å²) in [6, 6.07) is 1.73. The molecule has 0 saturated carbocycles. The van der Waals surface area contributed by atoms with Crippen LogP contribution in [0.1, 0.15) is 27.2 Å². The molecule has 0 heterocycles. The molecule has 0 rings (SSSR count). The highest BCUT2D eigenvalue weighted by atomic mass is 32.2. The number of likely N-dealkylation sites (N-methyl/N-ethyl adjacent to an activating group) is 1. The predicted molar refractivity (Wildman–Crippen MR) is 62.5 cm³/mol. The van der Waals surface area contributed by atoms with E-state index in [1.807, 2.05) is 0 Å². The van der Waals surface area contributed by atoms with Crippen molar-refractivity contribution in [2.45, 2.75) is 32.4 Å². The molecular formula is C10H18N2O4S. The number of rotatable bonds is 7. The molecule has 0 aromatic carbocycles. The fourth-order valence-corrected chi connectivity index (χ4v) is 2.84. The third kappa shape index (κ3) is 4.32. The quantitative estimate of drug-likeness (QED) is 0.623. The van der Waals surface area contributed by atoms with Crippen molar-refractivity contribution >= 4 is 16.0 Å². The Balaban J connectivity index is 4.88. The first kappa shape index (κ1) is 15.9. The lowest BCUT2D eigenvalue weighted by molar-refractivity contribution is -0.143. The summed E-state index contributed by atoms with van der Waals surface area (Å²) in [6.07, 6.45) is 0.193. The van der Waals surface area contributed by atoms with Crippen LogP contribution in [0.15, 0.2) is 0 Å². The molecule has 1 unspecified atom stereocenters. The summed E-state index contributed by atoms with van der Waals surface area (Å²) in [4.78, 5) is 11.2. The van der Waals surface area contributed by atoms with E-state index in [0.717, 1.165) is 4.31 Å². The summed E-state index contributed by atoms with van der Waals surface area (Å²) in [5.41, 5.74) is 0. The topological polar surface area (TPSA) is 87.5 Å². The number of esters is 1. The second-order valence-electron chi connectivity index (χ2n) is 3.30. The van der Waals surface area contributed by atoms with Gasteiger partial charge in [0.1, 0.15) is 6.54 Å². The van der Waals surface area contributed by atoms with Crippen LogP contribution in [0.5, 0.6) is 0 Å². The number of nitriles is 1. The minimum atomic E-state index is -3.76. The highest BCUT2D eigenvalue weighted by Crippen LogP contribution is 2.11. The third-order valence-electron chi connectivity index (χ3n) is 2.20. The van der Waals surface area contributed by atoms with Gasteiger partial charge in [-0.05, 0) is 13.3 Å². The van der Waals surface area contributed by atoms with Gasteiger partial charge in [-0.25, -0.2) is 8.42 Å².